The number of benzene rings is 1. The Balaban J connectivity index is 2.24. The molecular weight excluding hydrogens is 286 g/mol. The number of phenolic OH excluding ortho intramolecular Hbond substituents is 1. The van der Waals surface area contributed by atoms with Gasteiger partial charge in [-0.1, -0.05) is 12.1 Å². The SMILES string of the molecule is COCCN(CC(=O)O)C(=O)C1CCCc2c(O)cccc21. The van der Waals surface area contributed by atoms with Gasteiger partial charge in [0.1, 0.15) is 12.3 Å². The van der Waals surface area contributed by atoms with Crippen molar-refractivity contribution in [3.63, 3.8) is 0 Å². The Morgan fingerprint density at radius 2 is 2.18 bits per heavy atom. The molecule has 1 amide bonds. The van der Waals surface area contributed by atoms with E-state index in [9.17, 15) is 14.7 Å². The fraction of sp³-hybridized carbons (Fsp3) is 0.500. The molecule has 0 aliphatic heterocycles. The van der Waals surface area contributed by atoms with Crippen LogP contribution in [0, 0.1) is 0 Å². The standard InChI is InChI=1S/C16H21NO5/c1-22-9-8-17(10-15(19)20)16(21)13-6-2-5-12-11(13)4-3-7-14(12)18/h3-4,7,13,18H,2,5-6,8-10H2,1H3,(H,19,20). The molecule has 0 saturated heterocycles. The second-order valence-electron chi connectivity index (χ2n) is 5.44. The number of carboxylic acids is 1. The molecule has 1 aliphatic carbocycles. The average Bonchev–Trinajstić information content (AvgIpc) is 2.50. The molecule has 1 aromatic carbocycles. The number of ether oxygens (including phenoxy) is 1. The lowest BCUT2D eigenvalue weighted by atomic mass is 9.81. The maximum absolute atomic E-state index is 12.7. The molecule has 6 nitrogen and oxygen atoms in total. The zero-order valence-corrected chi connectivity index (χ0v) is 12.6. The Morgan fingerprint density at radius 1 is 1.41 bits per heavy atom. The Hall–Kier alpha value is -2.08. The number of carbonyl (C=O) groups excluding carboxylic acids is 1. The summed E-state index contributed by atoms with van der Waals surface area (Å²) in [6, 6.07) is 5.17. The van der Waals surface area contributed by atoms with Crippen molar-refractivity contribution >= 4 is 11.9 Å². The Bertz CT molecular complexity index is 557. The van der Waals surface area contributed by atoms with E-state index in [1.165, 1.54) is 12.0 Å². The first-order chi connectivity index (χ1) is 10.5. The van der Waals surface area contributed by atoms with Crippen LogP contribution in [-0.2, 0) is 20.7 Å². The van der Waals surface area contributed by atoms with Crippen LogP contribution in [0.1, 0.15) is 29.9 Å². The van der Waals surface area contributed by atoms with E-state index < -0.39 is 11.9 Å². The normalized spacial score (nSPS) is 16.9. The molecule has 120 valence electrons. The van der Waals surface area contributed by atoms with Gasteiger partial charge in [-0.05, 0) is 36.5 Å². The number of carboxylic acid groups (broad SMARTS) is 1. The summed E-state index contributed by atoms with van der Waals surface area (Å²) in [5.74, 6) is -1.45. The van der Waals surface area contributed by atoms with Crippen LogP contribution >= 0.6 is 0 Å². The summed E-state index contributed by atoms with van der Waals surface area (Å²) in [7, 11) is 1.51. The summed E-state index contributed by atoms with van der Waals surface area (Å²) in [4.78, 5) is 25.0. The fourth-order valence-electron chi connectivity index (χ4n) is 2.94. The highest BCUT2D eigenvalue weighted by Crippen LogP contribution is 2.37. The summed E-state index contributed by atoms with van der Waals surface area (Å²) in [6.45, 7) is 0.192. The lowest BCUT2D eigenvalue weighted by Gasteiger charge is -2.30. The van der Waals surface area contributed by atoms with Gasteiger partial charge in [0.2, 0.25) is 5.91 Å². The molecule has 2 N–H and O–H groups in total. The highest BCUT2D eigenvalue weighted by Gasteiger charge is 2.31. The van der Waals surface area contributed by atoms with Gasteiger partial charge >= 0.3 is 5.97 Å². The third kappa shape index (κ3) is 3.57. The minimum atomic E-state index is -1.05. The topological polar surface area (TPSA) is 87.1 Å². The zero-order valence-electron chi connectivity index (χ0n) is 12.6. The van der Waals surface area contributed by atoms with E-state index in [4.69, 9.17) is 9.84 Å². The summed E-state index contributed by atoms with van der Waals surface area (Å²) in [6.07, 6.45) is 2.20. The van der Waals surface area contributed by atoms with Crippen LogP contribution in [0.5, 0.6) is 5.75 Å². The lowest BCUT2D eigenvalue weighted by molar-refractivity contribution is -0.145. The number of methoxy groups -OCH3 is 1. The molecule has 0 bridgehead atoms. The number of fused-ring (bicyclic) bond motifs is 1. The van der Waals surface area contributed by atoms with Crippen molar-refractivity contribution in [1.82, 2.24) is 4.90 Å². The third-order valence-electron chi connectivity index (χ3n) is 3.98. The summed E-state index contributed by atoms with van der Waals surface area (Å²) in [5, 5.41) is 18.9. The molecule has 1 unspecified atom stereocenters. The highest BCUT2D eigenvalue weighted by molar-refractivity contribution is 5.87. The Kier molecular flexibility index (Phi) is 5.38. The van der Waals surface area contributed by atoms with Crippen molar-refractivity contribution < 1.29 is 24.5 Å². The number of hydrogen-bond donors (Lipinski definition) is 2. The van der Waals surface area contributed by atoms with Crippen LogP contribution in [0.2, 0.25) is 0 Å². The largest absolute Gasteiger partial charge is 0.508 e. The van der Waals surface area contributed by atoms with Gasteiger partial charge in [-0.2, -0.15) is 0 Å². The molecule has 0 radical (unpaired) electrons. The number of phenols is 1. The second-order valence-corrected chi connectivity index (χ2v) is 5.44. The van der Waals surface area contributed by atoms with Crippen molar-refractivity contribution in [2.75, 3.05) is 26.8 Å². The van der Waals surface area contributed by atoms with Gasteiger partial charge in [-0.25, -0.2) is 0 Å². The van der Waals surface area contributed by atoms with E-state index >= 15 is 0 Å². The monoisotopic (exact) mass is 307 g/mol. The molecule has 0 spiro atoms. The van der Waals surface area contributed by atoms with Crippen molar-refractivity contribution in [3.05, 3.63) is 29.3 Å². The number of aliphatic carboxylic acids is 1. The van der Waals surface area contributed by atoms with Gasteiger partial charge in [0.05, 0.1) is 12.5 Å². The number of aromatic hydroxyl groups is 1. The fourth-order valence-corrected chi connectivity index (χ4v) is 2.94. The number of rotatable bonds is 6. The van der Waals surface area contributed by atoms with Crippen molar-refractivity contribution in [2.24, 2.45) is 0 Å². The number of nitrogens with zero attached hydrogens (tertiary/aromatic N) is 1. The van der Waals surface area contributed by atoms with E-state index in [1.807, 2.05) is 6.07 Å². The molecule has 0 saturated carbocycles. The summed E-state index contributed by atoms with van der Waals surface area (Å²) in [5.41, 5.74) is 1.61. The zero-order chi connectivity index (χ0) is 16.1. The third-order valence-corrected chi connectivity index (χ3v) is 3.98. The van der Waals surface area contributed by atoms with Crippen LogP contribution in [0.25, 0.3) is 0 Å². The van der Waals surface area contributed by atoms with Gasteiger partial charge < -0.3 is 19.8 Å². The van der Waals surface area contributed by atoms with Crippen molar-refractivity contribution in [1.29, 1.82) is 0 Å². The predicted molar refractivity (Wildman–Crippen MR) is 79.9 cm³/mol. The molecule has 0 aromatic heterocycles. The first kappa shape index (κ1) is 16.3. The van der Waals surface area contributed by atoms with Gasteiger partial charge in [-0.3, -0.25) is 9.59 Å². The van der Waals surface area contributed by atoms with Crippen LogP contribution in [-0.4, -0.2) is 53.8 Å². The smallest absolute Gasteiger partial charge is 0.323 e. The van der Waals surface area contributed by atoms with Gasteiger partial charge in [0.15, 0.2) is 0 Å². The van der Waals surface area contributed by atoms with Crippen LogP contribution < -0.4 is 0 Å². The van der Waals surface area contributed by atoms with E-state index in [1.54, 1.807) is 12.1 Å². The number of amides is 1. The van der Waals surface area contributed by atoms with Crippen molar-refractivity contribution in [2.45, 2.75) is 25.2 Å². The van der Waals surface area contributed by atoms with Crippen LogP contribution in [0.15, 0.2) is 18.2 Å². The molecule has 1 atom stereocenters. The highest BCUT2D eigenvalue weighted by atomic mass is 16.5. The first-order valence-electron chi connectivity index (χ1n) is 7.35. The van der Waals surface area contributed by atoms with Crippen LogP contribution in [0.3, 0.4) is 0 Å². The van der Waals surface area contributed by atoms with Gasteiger partial charge in [-0.15, -0.1) is 0 Å². The quantitative estimate of drug-likeness (QED) is 0.829. The molecule has 22 heavy (non-hydrogen) atoms. The maximum Gasteiger partial charge on any atom is 0.323 e. The van der Waals surface area contributed by atoms with Gasteiger partial charge in [0.25, 0.3) is 0 Å². The minimum Gasteiger partial charge on any atom is -0.508 e. The van der Waals surface area contributed by atoms with Crippen molar-refractivity contribution in [3.8, 4) is 5.75 Å². The van der Waals surface area contributed by atoms with E-state index in [0.29, 0.717) is 13.0 Å². The van der Waals surface area contributed by atoms with Crippen LogP contribution in [0.4, 0.5) is 0 Å². The van der Waals surface area contributed by atoms with Gasteiger partial charge in [0, 0.05) is 13.7 Å². The molecule has 1 aromatic rings. The maximum atomic E-state index is 12.7. The first-order valence-corrected chi connectivity index (χ1v) is 7.35. The predicted octanol–water partition coefficient (Wildman–Crippen LogP) is 1.37. The minimum absolute atomic E-state index is 0.205. The molecular formula is C16H21NO5. The molecule has 0 heterocycles. The molecule has 6 heteroatoms. The number of hydrogen-bond acceptors (Lipinski definition) is 4. The Morgan fingerprint density at radius 3 is 2.86 bits per heavy atom. The second kappa shape index (κ2) is 7.26. The Labute approximate surface area is 129 Å². The summed E-state index contributed by atoms with van der Waals surface area (Å²) < 4.78 is 4.95. The average molecular weight is 307 g/mol. The number of carbonyl (C=O) groups is 2. The van der Waals surface area contributed by atoms with E-state index in [-0.39, 0.29) is 24.7 Å². The molecule has 0 fully saturated rings. The lowest BCUT2D eigenvalue weighted by Crippen LogP contribution is -2.41. The molecule has 1 aliphatic rings. The summed E-state index contributed by atoms with van der Waals surface area (Å²) >= 11 is 0. The van der Waals surface area contributed by atoms with E-state index in [0.717, 1.165) is 24.0 Å². The molecule has 2 rings (SSSR count). The van der Waals surface area contributed by atoms with E-state index in [2.05, 4.69) is 0 Å².